The summed E-state index contributed by atoms with van der Waals surface area (Å²) in [5.74, 6) is -9.62. The molecule has 0 aliphatic carbocycles. The summed E-state index contributed by atoms with van der Waals surface area (Å²) in [4.78, 5) is 68.5. The van der Waals surface area contributed by atoms with Gasteiger partial charge in [-0.25, -0.2) is 0 Å². The van der Waals surface area contributed by atoms with Crippen LogP contribution in [0.1, 0.15) is 6.42 Å². The maximum absolute atomic E-state index is 11.4. The fourth-order valence-corrected chi connectivity index (χ4v) is 3.97. The van der Waals surface area contributed by atoms with Gasteiger partial charge in [-0.05, 0) is 0 Å². The van der Waals surface area contributed by atoms with Crippen LogP contribution in [0.5, 0.6) is 0 Å². The van der Waals surface area contributed by atoms with Gasteiger partial charge >= 0.3 is 33.1 Å². The Balaban J connectivity index is 6.35. The Labute approximate surface area is 116 Å². The highest BCUT2D eigenvalue weighted by Crippen LogP contribution is 2.59. The van der Waals surface area contributed by atoms with Crippen molar-refractivity contribution in [2.75, 3.05) is 6.16 Å². The first-order valence-electron chi connectivity index (χ1n) is 4.93. The normalized spacial score (nSPS) is 16.8. The molecule has 0 rings (SSSR count). The third-order valence-electron chi connectivity index (χ3n) is 2.61. The van der Waals surface area contributed by atoms with Gasteiger partial charge in [0.1, 0.15) is 0 Å². The largest absolute Gasteiger partial charge is 0.481 e. The fraction of sp³-hybridized carbons (Fsp3) is 0.571. The van der Waals surface area contributed by atoms with Crippen LogP contribution in [0.4, 0.5) is 0 Å². The van der Waals surface area contributed by atoms with Crippen molar-refractivity contribution in [2.45, 2.75) is 11.6 Å². The maximum Gasteiger partial charge on any atom is 0.344 e. The van der Waals surface area contributed by atoms with E-state index in [0.29, 0.717) is 0 Å². The van der Waals surface area contributed by atoms with E-state index in [1.807, 2.05) is 0 Å². The monoisotopic (exact) mass is 350 g/mol. The average Bonchev–Trinajstić information content (AvgIpc) is 2.18. The van der Waals surface area contributed by atoms with Gasteiger partial charge in [0.25, 0.3) is 0 Å². The summed E-state index contributed by atoms with van der Waals surface area (Å²) in [6.07, 6.45) is -3.57. The van der Waals surface area contributed by atoms with Crippen LogP contribution in [0.25, 0.3) is 0 Å². The Hall–Kier alpha value is -1.29. The number of hydrogen-bond acceptors (Lipinski definition) is 5. The second-order valence-corrected chi connectivity index (χ2v) is 7.66. The molecule has 21 heavy (non-hydrogen) atoms. The van der Waals surface area contributed by atoms with E-state index in [1.54, 1.807) is 0 Å². The quantitative estimate of drug-likeness (QED) is 0.244. The number of carboxylic acid groups (broad SMARTS) is 3. The SMILES string of the molecule is O=C(O)CC(C(=O)O)(C(CP(=O)(O)O)C(=O)O)P(=O)(O)O. The molecular weight excluding hydrogens is 338 g/mol. The fourth-order valence-electron chi connectivity index (χ4n) is 1.68. The van der Waals surface area contributed by atoms with Gasteiger partial charge in [-0.3, -0.25) is 23.5 Å². The summed E-state index contributed by atoms with van der Waals surface area (Å²) < 4.78 is 22.3. The van der Waals surface area contributed by atoms with Crippen LogP contribution in [0, 0.1) is 5.92 Å². The van der Waals surface area contributed by atoms with Crippen LogP contribution in [0.3, 0.4) is 0 Å². The van der Waals surface area contributed by atoms with E-state index in [2.05, 4.69) is 0 Å². The molecule has 0 saturated carbocycles. The lowest BCUT2D eigenvalue weighted by atomic mass is 9.89. The Bertz CT molecular complexity index is 542. The number of aliphatic carboxylic acids is 3. The van der Waals surface area contributed by atoms with Crippen molar-refractivity contribution < 1.29 is 58.4 Å². The van der Waals surface area contributed by atoms with Gasteiger partial charge in [0, 0.05) is 0 Å². The predicted molar refractivity (Wildman–Crippen MR) is 62.7 cm³/mol. The molecule has 0 fully saturated rings. The highest BCUT2D eigenvalue weighted by atomic mass is 31.2. The molecule has 0 saturated heterocycles. The summed E-state index contributed by atoms with van der Waals surface area (Å²) >= 11 is 0. The van der Waals surface area contributed by atoms with Crippen LogP contribution in [0.15, 0.2) is 0 Å². The molecule has 0 heterocycles. The van der Waals surface area contributed by atoms with E-state index in [1.165, 1.54) is 0 Å². The predicted octanol–water partition coefficient (Wildman–Crippen LogP) is -1.66. The zero-order valence-electron chi connectivity index (χ0n) is 10.1. The molecule has 2 atom stereocenters. The van der Waals surface area contributed by atoms with E-state index in [4.69, 9.17) is 34.9 Å². The van der Waals surface area contributed by atoms with Gasteiger partial charge in [0.15, 0.2) is 5.16 Å². The van der Waals surface area contributed by atoms with Gasteiger partial charge in [-0.15, -0.1) is 0 Å². The van der Waals surface area contributed by atoms with Gasteiger partial charge in [-0.1, -0.05) is 0 Å². The van der Waals surface area contributed by atoms with Crippen molar-refractivity contribution in [3.63, 3.8) is 0 Å². The number of hydrogen-bond donors (Lipinski definition) is 7. The molecule has 12 nitrogen and oxygen atoms in total. The first kappa shape index (κ1) is 19.7. The number of carbonyl (C=O) groups is 3. The van der Waals surface area contributed by atoms with E-state index in [0.717, 1.165) is 0 Å². The molecule has 2 unspecified atom stereocenters. The molecule has 0 amide bonds. The summed E-state index contributed by atoms with van der Waals surface area (Å²) in [6, 6.07) is 0. The molecule has 14 heteroatoms. The second-order valence-electron chi connectivity index (χ2n) is 4.08. The molecule has 0 aromatic heterocycles. The van der Waals surface area contributed by atoms with E-state index >= 15 is 0 Å². The van der Waals surface area contributed by atoms with Crippen molar-refractivity contribution >= 4 is 33.1 Å². The molecule has 0 aromatic carbocycles. The van der Waals surface area contributed by atoms with Crippen molar-refractivity contribution in [1.29, 1.82) is 0 Å². The first-order chi connectivity index (χ1) is 9.15. The summed E-state index contributed by atoms with van der Waals surface area (Å²) in [5.41, 5.74) is 0. The maximum atomic E-state index is 11.4. The minimum Gasteiger partial charge on any atom is -0.481 e. The molecule has 0 radical (unpaired) electrons. The van der Waals surface area contributed by atoms with Crippen molar-refractivity contribution in [3.8, 4) is 0 Å². The van der Waals surface area contributed by atoms with Crippen molar-refractivity contribution in [2.24, 2.45) is 5.92 Å². The Morgan fingerprint density at radius 1 is 0.952 bits per heavy atom. The highest BCUT2D eigenvalue weighted by Gasteiger charge is 2.64. The van der Waals surface area contributed by atoms with Gasteiger partial charge in [0.2, 0.25) is 0 Å². The smallest absolute Gasteiger partial charge is 0.344 e. The first-order valence-corrected chi connectivity index (χ1v) is 8.34. The zero-order chi connectivity index (χ0) is 17.2. The van der Waals surface area contributed by atoms with Crippen molar-refractivity contribution in [1.82, 2.24) is 0 Å². The second kappa shape index (κ2) is 6.22. The molecule has 0 aliphatic heterocycles. The Morgan fingerprint density at radius 2 is 1.38 bits per heavy atom. The number of rotatable bonds is 8. The highest BCUT2D eigenvalue weighted by molar-refractivity contribution is 7.55. The molecular formula is C7H12O12P2. The van der Waals surface area contributed by atoms with Crippen LogP contribution >= 0.6 is 15.2 Å². The van der Waals surface area contributed by atoms with Gasteiger partial charge < -0.3 is 34.9 Å². The summed E-state index contributed by atoms with van der Waals surface area (Å²) in [7, 11) is -11.1. The molecule has 0 aromatic rings. The third-order valence-corrected chi connectivity index (χ3v) is 5.15. The van der Waals surface area contributed by atoms with Crippen LogP contribution < -0.4 is 0 Å². The van der Waals surface area contributed by atoms with Crippen LogP contribution in [-0.4, -0.2) is 64.1 Å². The number of carboxylic acids is 3. The van der Waals surface area contributed by atoms with E-state index < -0.39 is 56.8 Å². The summed E-state index contributed by atoms with van der Waals surface area (Å²) in [6.45, 7) is 0. The van der Waals surface area contributed by atoms with Crippen LogP contribution in [-0.2, 0) is 23.5 Å². The molecule has 0 spiro atoms. The zero-order valence-corrected chi connectivity index (χ0v) is 11.8. The topological polar surface area (TPSA) is 227 Å². The standard InChI is InChI=1S/C7H12O12P2/c8-4(9)1-7(6(12)13,21(17,18)19)3(5(10)11)2-20(14,15)16/h3H,1-2H2,(H,8,9)(H,10,11)(H,12,13)(H2,14,15,16)(H2,17,18,19). The minimum absolute atomic E-state index is 1.74. The van der Waals surface area contributed by atoms with Crippen molar-refractivity contribution in [3.05, 3.63) is 0 Å². The summed E-state index contributed by atoms with van der Waals surface area (Å²) in [5, 5.41) is 22.7. The molecule has 7 N–H and O–H groups in total. The lowest BCUT2D eigenvalue weighted by molar-refractivity contribution is -0.155. The molecule has 0 bridgehead atoms. The van der Waals surface area contributed by atoms with Gasteiger partial charge in [-0.2, -0.15) is 0 Å². The van der Waals surface area contributed by atoms with E-state index in [9.17, 15) is 23.5 Å². The third kappa shape index (κ3) is 4.60. The Morgan fingerprint density at radius 3 is 1.57 bits per heavy atom. The lowest BCUT2D eigenvalue weighted by Gasteiger charge is -2.33. The Kier molecular flexibility index (Phi) is 5.84. The lowest BCUT2D eigenvalue weighted by Crippen LogP contribution is -2.51. The molecule has 0 aliphatic rings. The van der Waals surface area contributed by atoms with Crippen LogP contribution in [0.2, 0.25) is 0 Å². The minimum atomic E-state index is -5.92. The van der Waals surface area contributed by atoms with E-state index in [-0.39, 0.29) is 0 Å². The van der Waals surface area contributed by atoms with Gasteiger partial charge in [0.05, 0.1) is 18.5 Å². The molecule has 122 valence electrons. The average molecular weight is 350 g/mol.